The Morgan fingerprint density at radius 1 is 1.02 bits per heavy atom. The van der Waals surface area contributed by atoms with Gasteiger partial charge in [-0.3, -0.25) is 14.2 Å². The molecule has 40 heavy (non-hydrogen) atoms. The number of nitrogens with one attached hydrogen (secondary N) is 1. The summed E-state index contributed by atoms with van der Waals surface area (Å²) in [7, 11) is 3.23. The Labute approximate surface area is 243 Å². The molecule has 2 aromatic heterocycles. The quantitative estimate of drug-likeness (QED) is 0.107. The van der Waals surface area contributed by atoms with E-state index in [1.165, 1.54) is 28.0 Å². The van der Waals surface area contributed by atoms with Gasteiger partial charge in [0.25, 0.3) is 5.56 Å². The second kappa shape index (κ2) is 14.4. The van der Waals surface area contributed by atoms with Gasteiger partial charge in [-0.15, -0.1) is 11.3 Å². The van der Waals surface area contributed by atoms with Crippen molar-refractivity contribution in [3.05, 3.63) is 80.5 Å². The average Bonchev–Trinajstić information content (AvgIpc) is 3.43. The fraction of sp³-hybridized carbons (Fsp3) is 0.387. The summed E-state index contributed by atoms with van der Waals surface area (Å²) < 4.78 is 13.1. The van der Waals surface area contributed by atoms with Gasteiger partial charge < -0.3 is 14.8 Å². The second-order valence-corrected chi connectivity index (χ2v) is 11.7. The number of amides is 1. The van der Waals surface area contributed by atoms with Crippen molar-refractivity contribution in [1.29, 1.82) is 0 Å². The number of unbranched alkanes of at least 4 members (excludes halogenated alkanes) is 2. The standard InChI is InChI=1S/C31H37N3O4S2/c1-21-9-10-22(2)24(18-21)20-40-31-33-25-14-17-39-29(25)30(36)34(31)16-7-5-6-8-28(35)32-15-13-23-11-12-26(37-3)27(19-23)38-4/h9-12,14,17-19H,5-8,13,15-16,20H2,1-4H3,(H,32,35). The van der Waals surface area contributed by atoms with Crippen LogP contribution in [0.3, 0.4) is 0 Å². The molecule has 0 saturated carbocycles. The highest BCUT2D eigenvalue weighted by Crippen LogP contribution is 2.28. The number of benzene rings is 2. The highest BCUT2D eigenvalue weighted by atomic mass is 32.2. The number of hydrogen-bond acceptors (Lipinski definition) is 7. The Kier molecular flexibility index (Phi) is 10.7. The monoisotopic (exact) mass is 579 g/mol. The molecule has 0 bridgehead atoms. The van der Waals surface area contributed by atoms with E-state index in [0.717, 1.165) is 47.7 Å². The van der Waals surface area contributed by atoms with E-state index in [9.17, 15) is 9.59 Å². The predicted molar refractivity (Wildman–Crippen MR) is 164 cm³/mol. The highest BCUT2D eigenvalue weighted by Gasteiger charge is 2.14. The summed E-state index contributed by atoms with van der Waals surface area (Å²) in [4.78, 5) is 30.5. The first kappa shape index (κ1) is 29.7. The van der Waals surface area contributed by atoms with Crippen LogP contribution in [0.5, 0.6) is 11.5 Å². The number of rotatable bonds is 14. The molecule has 1 N–H and O–H groups in total. The fourth-order valence-electron chi connectivity index (χ4n) is 4.53. The SMILES string of the molecule is COc1ccc(CCNC(=O)CCCCCn2c(SCc3cc(C)ccc3C)nc3ccsc3c2=O)cc1OC. The summed E-state index contributed by atoms with van der Waals surface area (Å²) in [6.45, 7) is 5.37. The van der Waals surface area contributed by atoms with Crippen LogP contribution in [-0.4, -0.2) is 36.2 Å². The number of nitrogens with zero attached hydrogens (tertiary/aromatic N) is 2. The molecule has 0 aliphatic carbocycles. The lowest BCUT2D eigenvalue weighted by atomic mass is 10.1. The van der Waals surface area contributed by atoms with Crippen molar-refractivity contribution in [3.63, 3.8) is 0 Å². The van der Waals surface area contributed by atoms with E-state index in [4.69, 9.17) is 14.5 Å². The summed E-state index contributed by atoms with van der Waals surface area (Å²) in [5.74, 6) is 2.18. The van der Waals surface area contributed by atoms with Gasteiger partial charge in [-0.1, -0.05) is 48.0 Å². The molecule has 0 aliphatic heterocycles. The lowest BCUT2D eigenvalue weighted by Crippen LogP contribution is -2.25. The predicted octanol–water partition coefficient (Wildman–Crippen LogP) is 6.30. The molecular weight excluding hydrogens is 542 g/mol. The number of fused-ring (bicyclic) bond motifs is 1. The molecule has 0 atom stereocenters. The molecule has 7 nitrogen and oxygen atoms in total. The summed E-state index contributed by atoms with van der Waals surface area (Å²) >= 11 is 3.05. The van der Waals surface area contributed by atoms with E-state index in [1.54, 1.807) is 26.0 Å². The number of hydrogen-bond donors (Lipinski definition) is 1. The minimum atomic E-state index is 0.0244. The molecule has 0 aliphatic rings. The maximum atomic E-state index is 13.3. The van der Waals surface area contributed by atoms with Gasteiger partial charge in [-0.05, 0) is 73.4 Å². The van der Waals surface area contributed by atoms with Crippen LogP contribution in [0.15, 0.2) is 57.8 Å². The number of aromatic nitrogens is 2. The number of thiophene rings is 1. The first-order valence-electron chi connectivity index (χ1n) is 13.5. The van der Waals surface area contributed by atoms with Gasteiger partial charge in [0.05, 0.1) is 19.7 Å². The van der Waals surface area contributed by atoms with Crippen molar-refractivity contribution in [2.24, 2.45) is 0 Å². The molecule has 4 aromatic rings. The lowest BCUT2D eigenvalue weighted by Gasteiger charge is -2.13. The van der Waals surface area contributed by atoms with Crippen LogP contribution in [0, 0.1) is 13.8 Å². The van der Waals surface area contributed by atoms with Crippen LogP contribution in [0.1, 0.15) is 47.9 Å². The van der Waals surface area contributed by atoms with Gasteiger partial charge in [0, 0.05) is 25.3 Å². The first-order valence-corrected chi connectivity index (χ1v) is 15.4. The lowest BCUT2D eigenvalue weighted by molar-refractivity contribution is -0.121. The maximum absolute atomic E-state index is 13.3. The Hall–Kier alpha value is -3.30. The fourth-order valence-corrected chi connectivity index (χ4v) is 6.40. The van der Waals surface area contributed by atoms with E-state index in [0.29, 0.717) is 35.7 Å². The van der Waals surface area contributed by atoms with Crippen LogP contribution in [0.4, 0.5) is 0 Å². The van der Waals surface area contributed by atoms with Crippen molar-refractivity contribution >= 4 is 39.2 Å². The van der Waals surface area contributed by atoms with E-state index >= 15 is 0 Å². The Balaban J connectivity index is 1.26. The number of aryl methyl sites for hydroxylation is 2. The topological polar surface area (TPSA) is 82.5 Å². The number of thioether (sulfide) groups is 1. The molecule has 0 saturated heterocycles. The van der Waals surface area contributed by atoms with Crippen LogP contribution in [0.2, 0.25) is 0 Å². The van der Waals surface area contributed by atoms with Crippen molar-refractivity contribution in [2.45, 2.75) is 63.4 Å². The third kappa shape index (κ3) is 7.67. The van der Waals surface area contributed by atoms with E-state index in [1.807, 2.05) is 34.2 Å². The van der Waals surface area contributed by atoms with Gasteiger partial charge in [0.1, 0.15) is 4.70 Å². The minimum absolute atomic E-state index is 0.0244. The second-order valence-electron chi connectivity index (χ2n) is 9.80. The first-order chi connectivity index (χ1) is 19.4. The van der Waals surface area contributed by atoms with Gasteiger partial charge in [-0.25, -0.2) is 4.98 Å². The molecule has 4 rings (SSSR count). The molecule has 2 aromatic carbocycles. The zero-order valence-corrected chi connectivity index (χ0v) is 25.3. The number of carbonyl (C=O) groups is 1. The summed E-state index contributed by atoms with van der Waals surface area (Å²) in [6, 6.07) is 14.2. The smallest absolute Gasteiger partial charge is 0.272 e. The Bertz CT molecular complexity index is 1510. The van der Waals surface area contributed by atoms with Gasteiger partial charge >= 0.3 is 0 Å². The molecule has 1 amide bonds. The third-order valence-corrected chi connectivity index (χ3v) is 8.78. The Morgan fingerprint density at radius 2 is 1.85 bits per heavy atom. The van der Waals surface area contributed by atoms with Crippen LogP contribution in [0.25, 0.3) is 10.2 Å². The molecule has 212 valence electrons. The summed E-state index contributed by atoms with van der Waals surface area (Å²) in [6.07, 6.45) is 3.64. The molecule has 0 spiro atoms. The molecule has 2 heterocycles. The summed E-state index contributed by atoms with van der Waals surface area (Å²) in [5, 5.41) is 5.68. The van der Waals surface area contributed by atoms with Crippen molar-refractivity contribution in [1.82, 2.24) is 14.9 Å². The number of ether oxygens (including phenoxy) is 2. The zero-order chi connectivity index (χ0) is 28.5. The van der Waals surface area contributed by atoms with Gasteiger partial charge in [0.15, 0.2) is 16.7 Å². The molecule has 0 unspecified atom stereocenters. The van der Waals surface area contributed by atoms with Crippen molar-refractivity contribution < 1.29 is 14.3 Å². The van der Waals surface area contributed by atoms with Crippen LogP contribution in [-0.2, 0) is 23.5 Å². The Morgan fingerprint density at radius 3 is 2.65 bits per heavy atom. The minimum Gasteiger partial charge on any atom is -0.493 e. The highest BCUT2D eigenvalue weighted by molar-refractivity contribution is 7.98. The number of methoxy groups -OCH3 is 2. The number of carbonyl (C=O) groups excluding carboxylic acids is 1. The average molecular weight is 580 g/mol. The van der Waals surface area contributed by atoms with Gasteiger partial charge in [0.2, 0.25) is 5.91 Å². The van der Waals surface area contributed by atoms with E-state index in [2.05, 4.69) is 37.4 Å². The molecule has 9 heteroatoms. The van der Waals surface area contributed by atoms with Crippen molar-refractivity contribution in [2.75, 3.05) is 20.8 Å². The molecule has 0 fully saturated rings. The normalized spacial score (nSPS) is 11.1. The van der Waals surface area contributed by atoms with E-state index < -0.39 is 0 Å². The van der Waals surface area contributed by atoms with Crippen molar-refractivity contribution in [3.8, 4) is 11.5 Å². The third-order valence-electron chi connectivity index (χ3n) is 6.86. The van der Waals surface area contributed by atoms with Crippen LogP contribution < -0.4 is 20.3 Å². The molecular formula is C31H37N3O4S2. The van der Waals surface area contributed by atoms with Gasteiger partial charge in [-0.2, -0.15) is 0 Å². The van der Waals surface area contributed by atoms with Crippen LogP contribution >= 0.6 is 23.1 Å². The largest absolute Gasteiger partial charge is 0.493 e. The molecule has 0 radical (unpaired) electrons. The van der Waals surface area contributed by atoms with E-state index in [-0.39, 0.29) is 11.5 Å². The zero-order valence-electron chi connectivity index (χ0n) is 23.6. The maximum Gasteiger partial charge on any atom is 0.272 e. The summed E-state index contributed by atoms with van der Waals surface area (Å²) in [5.41, 5.74) is 5.59.